The highest BCUT2D eigenvalue weighted by atomic mass is 32.1. The van der Waals surface area contributed by atoms with Crippen LogP contribution in [-0.2, 0) is 19.0 Å². The Kier molecular flexibility index (Phi) is 4.97. The Balaban J connectivity index is 1.53. The van der Waals surface area contributed by atoms with Crippen molar-refractivity contribution in [1.82, 2.24) is 14.6 Å². The van der Waals surface area contributed by atoms with Gasteiger partial charge >= 0.3 is 6.18 Å². The lowest BCUT2D eigenvalue weighted by molar-refractivity contribution is -0.142. The molecule has 11 heteroatoms. The molecule has 0 saturated carbocycles. The monoisotopic (exact) mass is 471 g/mol. The Labute approximate surface area is 189 Å². The van der Waals surface area contributed by atoms with Crippen LogP contribution >= 0.6 is 11.3 Å². The Bertz CT molecular complexity index is 1410. The second-order valence-electron chi connectivity index (χ2n) is 7.92. The van der Waals surface area contributed by atoms with E-state index in [4.69, 9.17) is 4.42 Å². The Morgan fingerprint density at radius 2 is 2.21 bits per heavy atom. The summed E-state index contributed by atoms with van der Waals surface area (Å²) in [5.74, 6) is -0.0662. The largest absolute Gasteiger partial charge is 0.463 e. The van der Waals surface area contributed by atoms with Crippen molar-refractivity contribution in [3.05, 3.63) is 57.9 Å². The number of carbonyl (C=O) groups excluding carboxylic acids is 1. The summed E-state index contributed by atoms with van der Waals surface area (Å²) in [6.07, 6.45) is -0.859. The highest BCUT2D eigenvalue weighted by molar-refractivity contribution is 7.16. The summed E-state index contributed by atoms with van der Waals surface area (Å²) in [5.41, 5.74) is -0.160. The van der Waals surface area contributed by atoms with Gasteiger partial charge in [-0.05, 0) is 48.9 Å². The first-order valence-electron chi connectivity index (χ1n) is 10.1. The van der Waals surface area contributed by atoms with Gasteiger partial charge in [0, 0.05) is 10.9 Å². The van der Waals surface area contributed by atoms with Gasteiger partial charge in [0.2, 0.25) is 0 Å². The van der Waals surface area contributed by atoms with E-state index in [-0.39, 0.29) is 22.8 Å². The quantitative estimate of drug-likeness (QED) is 0.436. The first-order valence-corrected chi connectivity index (χ1v) is 10.9. The number of thiophene rings is 1. The Hall–Kier alpha value is -3.65. The minimum atomic E-state index is -4.74. The van der Waals surface area contributed by atoms with Crippen molar-refractivity contribution in [2.24, 2.45) is 5.92 Å². The fourth-order valence-corrected chi connectivity index (χ4v) is 5.32. The summed E-state index contributed by atoms with van der Waals surface area (Å²) in [6, 6.07) is 7.19. The number of halogens is 3. The highest BCUT2D eigenvalue weighted by Gasteiger charge is 2.36. The normalized spacial score (nSPS) is 15.9. The van der Waals surface area contributed by atoms with E-state index in [2.05, 4.69) is 28.4 Å². The van der Waals surface area contributed by atoms with Crippen molar-refractivity contribution >= 4 is 27.9 Å². The van der Waals surface area contributed by atoms with Crippen LogP contribution in [-0.4, -0.2) is 20.5 Å². The molecular weight excluding hydrogens is 455 g/mol. The van der Waals surface area contributed by atoms with Gasteiger partial charge < -0.3 is 9.73 Å². The molecule has 5 rings (SSSR count). The van der Waals surface area contributed by atoms with Crippen molar-refractivity contribution < 1.29 is 22.4 Å². The third-order valence-corrected chi connectivity index (χ3v) is 6.74. The predicted octanol–water partition coefficient (Wildman–Crippen LogP) is 5.32. The maximum Gasteiger partial charge on any atom is 0.433 e. The summed E-state index contributed by atoms with van der Waals surface area (Å²) in [6.45, 7) is 2.13. The topological polar surface area (TPSA) is 96.2 Å². The van der Waals surface area contributed by atoms with Gasteiger partial charge in [-0.3, -0.25) is 4.79 Å². The van der Waals surface area contributed by atoms with E-state index in [1.54, 1.807) is 0 Å². The number of nitrogens with one attached hydrogen (secondary N) is 1. The van der Waals surface area contributed by atoms with E-state index >= 15 is 0 Å². The summed E-state index contributed by atoms with van der Waals surface area (Å²) < 4.78 is 46.9. The van der Waals surface area contributed by atoms with Gasteiger partial charge in [0.1, 0.15) is 16.8 Å². The number of nitriles is 1. The lowest BCUT2D eigenvalue weighted by Crippen LogP contribution is -2.15. The first kappa shape index (κ1) is 21.2. The van der Waals surface area contributed by atoms with Crippen LogP contribution in [0.25, 0.3) is 17.1 Å². The molecule has 0 fully saturated rings. The van der Waals surface area contributed by atoms with Crippen LogP contribution in [0.15, 0.2) is 34.9 Å². The minimum absolute atomic E-state index is 0.0292. The van der Waals surface area contributed by atoms with E-state index in [1.807, 2.05) is 0 Å². The standard InChI is InChI=1S/C22H16F3N5O2S/c1-11-4-5-12-13(10-26)21(33-17(12)7-11)28-20(31)15-9-19-27-14(16-3-2-6-32-16)8-18(22(23,24)25)30(19)29-15/h2-3,6,8-9,11H,4-5,7H2,1H3,(H,28,31). The Morgan fingerprint density at radius 1 is 1.39 bits per heavy atom. The number of hydrogen-bond acceptors (Lipinski definition) is 6. The summed E-state index contributed by atoms with van der Waals surface area (Å²) in [7, 11) is 0. The summed E-state index contributed by atoms with van der Waals surface area (Å²) in [4.78, 5) is 18.1. The second kappa shape index (κ2) is 7.74. The number of aromatic nitrogens is 3. The summed E-state index contributed by atoms with van der Waals surface area (Å²) in [5, 5.41) is 16.5. The SMILES string of the molecule is CC1CCc2c(sc(NC(=O)c3cc4nc(-c5ccco5)cc(C(F)(F)F)n4n3)c2C#N)C1. The molecule has 0 bridgehead atoms. The number of rotatable bonds is 3. The van der Waals surface area contributed by atoms with E-state index in [9.17, 15) is 23.2 Å². The number of alkyl halides is 3. The average molecular weight is 471 g/mol. The maximum atomic E-state index is 13.7. The first-order chi connectivity index (χ1) is 15.7. The molecule has 0 aromatic carbocycles. The zero-order valence-corrected chi connectivity index (χ0v) is 18.0. The lowest BCUT2D eigenvalue weighted by Gasteiger charge is -2.17. The third kappa shape index (κ3) is 3.76. The van der Waals surface area contributed by atoms with Gasteiger partial charge in [0.25, 0.3) is 5.91 Å². The van der Waals surface area contributed by atoms with Gasteiger partial charge in [-0.15, -0.1) is 11.3 Å². The molecule has 4 aromatic heterocycles. The van der Waals surface area contributed by atoms with Crippen molar-refractivity contribution in [3.8, 4) is 17.5 Å². The van der Waals surface area contributed by atoms with Gasteiger partial charge in [-0.25, -0.2) is 9.50 Å². The fraction of sp³-hybridized carbons (Fsp3) is 0.273. The molecule has 1 atom stereocenters. The Morgan fingerprint density at radius 3 is 2.91 bits per heavy atom. The number of furan rings is 1. The predicted molar refractivity (Wildman–Crippen MR) is 114 cm³/mol. The van der Waals surface area contributed by atoms with Crippen molar-refractivity contribution in [2.75, 3.05) is 5.32 Å². The molecule has 1 N–H and O–H groups in total. The molecule has 7 nitrogen and oxygen atoms in total. The number of anilines is 1. The van der Waals surface area contributed by atoms with Crippen molar-refractivity contribution in [3.63, 3.8) is 0 Å². The number of amides is 1. The van der Waals surface area contributed by atoms with Crippen LogP contribution < -0.4 is 5.32 Å². The molecular formula is C22H16F3N5O2S. The number of nitrogens with zero attached hydrogens (tertiary/aromatic N) is 4. The maximum absolute atomic E-state index is 13.7. The molecule has 0 saturated heterocycles. The summed E-state index contributed by atoms with van der Waals surface area (Å²) >= 11 is 1.33. The number of fused-ring (bicyclic) bond motifs is 2. The zero-order chi connectivity index (χ0) is 23.3. The molecule has 1 amide bonds. The van der Waals surface area contributed by atoms with Gasteiger partial charge in [-0.1, -0.05) is 6.92 Å². The lowest BCUT2D eigenvalue weighted by atomic mass is 9.89. The molecule has 1 aliphatic carbocycles. The minimum Gasteiger partial charge on any atom is -0.463 e. The van der Waals surface area contributed by atoms with Crippen molar-refractivity contribution in [2.45, 2.75) is 32.4 Å². The van der Waals surface area contributed by atoms with Crippen LogP contribution in [0.3, 0.4) is 0 Å². The third-order valence-electron chi connectivity index (χ3n) is 5.57. The van der Waals surface area contributed by atoms with E-state index in [1.165, 1.54) is 35.8 Å². The van der Waals surface area contributed by atoms with E-state index in [0.717, 1.165) is 35.8 Å². The van der Waals surface area contributed by atoms with Crippen LogP contribution in [0.4, 0.5) is 18.2 Å². The molecule has 1 unspecified atom stereocenters. The molecule has 33 heavy (non-hydrogen) atoms. The van der Waals surface area contributed by atoms with Crippen molar-refractivity contribution in [1.29, 1.82) is 5.26 Å². The van der Waals surface area contributed by atoms with Crippen LogP contribution in [0.5, 0.6) is 0 Å². The second-order valence-corrected chi connectivity index (χ2v) is 9.03. The van der Waals surface area contributed by atoms with E-state index < -0.39 is 17.8 Å². The molecule has 0 aliphatic heterocycles. The molecule has 168 valence electrons. The van der Waals surface area contributed by atoms with E-state index in [0.29, 0.717) is 21.0 Å². The fourth-order valence-electron chi connectivity index (χ4n) is 3.96. The van der Waals surface area contributed by atoms with Crippen LogP contribution in [0.1, 0.15) is 45.5 Å². The molecule has 0 radical (unpaired) electrons. The zero-order valence-electron chi connectivity index (χ0n) is 17.2. The number of hydrogen-bond donors (Lipinski definition) is 1. The average Bonchev–Trinajstić information content (AvgIpc) is 3.49. The smallest absolute Gasteiger partial charge is 0.433 e. The molecule has 1 aliphatic rings. The van der Waals surface area contributed by atoms with Crippen LogP contribution in [0.2, 0.25) is 0 Å². The van der Waals surface area contributed by atoms with Gasteiger partial charge in [-0.2, -0.15) is 23.5 Å². The molecule has 0 spiro atoms. The molecule has 4 aromatic rings. The van der Waals surface area contributed by atoms with Gasteiger partial charge in [0.05, 0.1) is 11.8 Å². The highest BCUT2D eigenvalue weighted by Crippen LogP contribution is 2.39. The molecule has 4 heterocycles. The number of carbonyl (C=O) groups is 1. The van der Waals surface area contributed by atoms with Gasteiger partial charge in [0.15, 0.2) is 22.8 Å². The van der Waals surface area contributed by atoms with Crippen LogP contribution in [0, 0.1) is 17.2 Å².